The van der Waals surface area contributed by atoms with Gasteiger partial charge in [0.25, 0.3) is 0 Å². The number of halogens is 1. The summed E-state index contributed by atoms with van der Waals surface area (Å²) in [4.78, 5) is 23.3. The molecule has 1 saturated heterocycles. The summed E-state index contributed by atoms with van der Waals surface area (Å²) < 4.78 is 18.5. The number of hydrogen-bond donors (Lipinski definition) is 0. The molecule has 2 aromatic rings. The van der Waals surface area contributed by atoms with Crippen molar-refractivity contribution in [1.29, 1.82) is 0 Å². The highest BCUT2D eigenvalue weighted by Gasteiger charge is 2.26. The zero-order valence-corrected chi connectivity index (χ0v) is 15.2. The number of aromatic nitrogens is 2. The number of carbonyl (C=O) groups is 1. The van der Waals surface area contributed by atoms with Gasteiger partial charge in [-0.15, -0.1) is 0 Å². The van der Waals surface area contributed by atoms with Crippen LogP contribution >= 0.6 is 0 Å². The van der Waals surface area contributed by atoms with Crippen molar-refractivity contribution in [1.82, 2.24) is 14.9 Å². The SMILES string of the molecule is COCc1cnc(C)nc1C1CCN(C(=O)Cc2cccc(F)c2)CC1. The van der Waals surface area contributed by atoms with Crippen LogP contribution in [0.3, 0.4) is 0 Å². The first kappa shape index (κ1) is 18.5. The van der Waals surface area contributed by atoms with Crippen LogP contribution in [0.4, 0.5) is 4.39 Å². The topological polar surface area (TPSA) is 55.3 Å². The molecule has 1 aromatic heterocycles. The number of nitrogens with zero attached hydrogens (tertiary/aromatic N) is 3. The molecular formula is C20H24FN3O2. The van der Waals surface area contributed by atoms with Crippen molar-refractivity contribution in [2.75, 3.05) is 20.2 Å². The lowest BCUT2D eigenvalue weighted by atomic mass is 9.90. The molecule has 5 nitrogen and oxygen atoms in total. The molecule has 0 spiro atoms. The molecule has 0 bridgehead atoms. The number of ether oxygens (including phenoxy) is 1. The zero-order chi connectivity index (χ0) is 18.5. The van der Waals surface area contributed by atoms with Crippen molar-refractivity contribution in [2.24, 2.45) is 0 Å². The van der Waals surface area contributed by atoms with E-state index >= 15 is 0 Å². The van der Waals surface area contributed by atoms with Crippen molar-refractivity contribution >= 4 is 5.91 Å². The average Bonchev–Trinajstić information content (AvgIpc) is 2.63. The molecule has 0 N–H and O–H groups in total. The second-order valence-corrected chi connectivity index (χ2v) is 6.72. The Bertz CT molecular complexity index is 773. The van der Waals surface area contributed by atoms with Gasteiger partial charge in [0, 0.05) is 37.9 Å². The molecule has 1 amide bonds. The first-order valence-electron chi connectivity index (χ1n) is 8.90. The first-order chi connectivity index (χ1) is 12.6. The third-order valence-corrected chi connectivity index (χ3v) is 4.80. The predicted octanol–water partition coefficient (Wildman–Crippen LogP) is 3.02. The Morgan fingerprint density at radius 1 is 1.35 bits per heavy atom. The second-order valence-electron chi connectivity index (χ2n) is 6.72. The number of methoxy groups -OCH3 is 1. The Morgan fingerprint density at radius 2 is 2.12 bits per heavy atom. The lowest BCUT2D eigenvalue weighted by Crippen LogP contribution is -2.39. The van der Waals surface area contributed by atoms with Gasteiger partial charge >= 0.3 is 0 Å². The minimum Gasteiger partial charge on any atom is -0.380 e. The number of amides is 1. The minimum absolute atomic E-state index is 0.0463. The fourth-order valence-corrected chi connectivity index (χ4v) is 3.47. The number of aryl methyl sites for hydroxylation is 1. The molecule has 26 heavy (non-hydrogen) atoms. The number of likely N-dealkylation sites (tertiary alicyclic amines) is 1. The Balaban J connectivity index is 1.62. The van der Waals surface area contributed by atoms with E-state index in [1.165, 1.54) is 12.1 Å². The van der Waals surface area contributed by atoms with Gasteiger partial charge in [-0.3, -0.25) is 4.79 Å². The van der Waals surface area contributed by atoms with Gasteiger partial charge in [0.15, 0.2) is 0 Å². The molecule has 0 atom stereocenters. The van der Waals surface area contributed by atoms with E-state index < -0.39 is 0 Å². The largest absolute Gasteiger partial charge is 0.380 e. The van der Waals surface area contributed by atoms with E-state index in [-0.39, 0.29) is 18.1 Å². The van der Waals surface area contributed by atoms with Crippen LogP contribution in [0.25, 0.3) is 0 Å². The molecule has 0 radical (unpaired) electrons. The van der Waals surface area contributed by atoms with Crippen LogP contribution < -0.4 is 0 Å². The molecule has 0 saturated carbocycles. The van der Waals surface area contributed by atoms with Gasteiger partial charge in [0.1, 0.15) is 11.6 Å². The van der Waals surface area contributed by atoms with Gasteiger partial charge in [-0.25, -0.2) is 14.4 Å². The minimum atomic E-state index is -0.307. The Labute approximate surface area is 153 Å². The fraction of sp³-hybridized carbons (Fsp3) is 0.450. The highest BCUT2D eigenvalue weighted by atomic mass is 19.1. The van der Waals surface area contributed by atoms with Crippen LogP contribution in [0.5, 0.6) is 0 Å². The number of benzene rings is 1. The van der Waals surface area contributed by atoms with Crippen LogP contribution in [-0.4, -0.2) is 41.0 Å². The summed E-state index contributed by atoms with van der Waals surface area (Å²) in [6, 6.07) is 6.24. The fourth-order valence-electron chi connectivity index (χ4n) is 3.47. The quantitative estimate of drug-likeness (QED) is 0.825. The van der Waals surface area contributed by atoms with Gasteiger partial charge in [-0.1, -0.05) is 12.1 Å². The van der Waals surface area contributed by atoms with E-state index in [9.17, 15) is 9.18 Å². The molecule has 1 fully saturated rings. The highest BCUT2D eigenvalue weighted by Crippen LogP contribution is 2.29. The van der Waals surface area contributed by atoms with Crippen LogP contribution in [0.1, 0.15) is 41.4 Å². The maximum atomic E-state index is 13.3. The van der Waals surface area contributed by atoms with Gasteiger partial charge < -0.3 is 9.64 Å². The van der Waals surface area contributed by atoms with E-state index in [4.69, 9.17) is 4.74 Å². The van der Waals surface area contributed by atoms with Gasteiger partial charge in [-0.05, 0) is 37.5 Å². The molecule has 1 aliphatic rings. The number of carbonyl (C=O) groups excluding carboxylic acids is 1. The van der Waals surface area contributed by atoms with Gasteiger partial charge in [0.2, 0.25) is 5.91 Å². The summed E-state index contributed by atoms with van der Waals surface area (Å²) in [5.74, 6) is 0.799. The van der Waals surface area contributed by atoms with E-state index in [2.05, 4.69) is 9.97 Å². The van der Waals surface area contributed by atoms with Crippen molar-refractivity contribution in [3.05, 3.63) is 58.9 Å². The van der Waals surface area contributed by atoms with Crippen molar-refractivity contribution in [3.8, 4) is 0 Å². The average molecular weight is 357 g/mol. The van der Waals surface area contributed by atoms with E-state index in [0.29, 0.717) is 31.2 Å². The molecule has 3 rings (SSSR count). The Kier molecular flexibility index (Phi) is 5.93. The molecule has 6 heteroatoms. The van der Waals surface area contributed by atoms with Crippen molar-refractivity contribution in [2.45, 2.75) is 38.7 Å². The third kappa shape index (κ3) is 4.43. The van der Waals surface area contributed by atoms with E-state index in [0.717, 1.165) is 29.9 Å². The van der Waals surface area contributed by atoms with Crippen molar-refractivity contribution < 1.29 is 13.9 Å². The molecule has 2 heterocycles. The summed E-state index contributed by atoms with van der Waals surface area (Å²) in [5, 5.41) is 0. The van der Waals surface area contributed by atoms with Crippen LogP contribution in [0.15, 0.2) is 30.5 Å². The number of piperidine rings is 1. The van der Waals surface area contributed by atoms with Gasteiger partial charge in [0.05, 0.1) is 18.7 Å². The second kappa shape index (κ2) is 8.36. The number of rotatable bonds is 5. The highest BCUT2D eigenvalue weighted by molar-refractivity contribution is 5.78. The molecule has 0 aliphatic carbocycles. The first-order valence-corrected chi connectivity index (χ1v) is 8.90. The lowest BCUT2D eigenvalue weighted by Gasteiger charge is -2.32. The maximum Gasteiger partial charge on any atom is 0.226 e. The Hall–Kier alpha value is -2.34. The zero-order valence-electron chi connectivity index (χ0n) is 15.2. The summed E-state index contributed by atoms with van der Waals surface area (Å²) in [6.07, 6.45) is 3.80. The summed E-state index contributed by atoms with van der Waals surface area (Å²) in [7, 11) is 1.66. The Morgan fingerprint density at radius 3 is 2.81 bits per heavy atom. The van der Waals surface area contributed by atoms with Gasteiger partial charge in [-0.2, -0.15) is 0 Å². The summed E-state index contributed by atoms with van der Waals surface area (Å²) in [6.45, 7) is 3.76. The van der Waals surface area contributed by atoms with E-state index in [1.807, 2.05) is 18.0 Å². The van der Waals surface area contributed by atoms with Crippen LogP contribution in [0, 0.1) is 12.7 Å². The molecule has 1 aromatic carbocycles. The summed E-state index contributed by atoms with van der Waals surface area (Å²) in [5.41, 5.74) is 2.77. The normalized spacial score (nSPS) is 15.3. The van der Waals surface area contributed by atoms with Crippen LogP contribution in [-0.2, 0) is 22.6 Å². The number of hydrogen-bond acceptors (Lipinski definition) is 4. The van der Waals surface area contributed by atoms with E-state index in [1.54, 1.807) is 19.2 Å². The predicted molar refractivity (Wildman–Crippen MR) is 96.1 cm³/mol. The maximum absolute atomic E-state index is 13.3. The summed E-state index contributed by atoms with van der Waals surface area (Å²) >= 11 is 0. The lowest BCUT2D eigenvalue weighted by molar-refractivity contribution is -0.131. The smallest absolute Gasteiger partial charge is 0.226 e. The molecule has 0 unspecified atom stereocenters. The van der Waals surface area contributed by atoms with Crippen molar-refractivity contribution in [3.63, 3.8) is 0 Å². The standard InChI is InChI=1S/C20H24FN3O2/c1-14-22-12-17(13-26-2)20(23-14)16-6-8-24(9-7-16)19(25)11-15-4-3-5-18(21)10-15/h3-5,10,12,16H,6-9,11,13H2,1-2H3. The van der Waals surface area contributed by atoms with Crippen LogP contribution in [0.2, 0.25) is 0 Å². The molecule has 138 valence electrons. The molecule has 1 aliphatic heterocycles. The third-order valence-electron chi connectivity index (χ3n) is 4.80. The molecular weight excluding hydrogens is 333 g/mol. The monoisotopic (exact) mass is 357 g/mol.